The molecule has 0 aliphatic carbocycles. The molecule has 1 aromatic rings. The average Bonchev–Trinajstić information content (AvgIpc) is 2.75. The summed E-state index contributed by atoms with van der Waals surface area (Å²) in [6.07, 6.45) is 1.42. The molecule has 0 radical (unpaired) electrons. The molecule has 2 heterocycles. The largest absolute Gasteiger partial charge is 0.312 e. The Morgan fingerprint density at radius 2 is 2.35 bits per heavy atom. The fourth-order valence-corrected chi connectivity index (χ4v) is 3.21. The maximum absolute atomic E-state index is 12.0. The van der Waals surface area contributed by atoms with Crippen molar-refractivity contribution in [2.24, 2.45) is 5.41 Å². The Morgan fingerprint density at radius 1 is 1.55 bits per heavy atom. The van der Waals surface area contributed by atoms with Gasteiger partial charge in [0.15, 0.2) is 5.82 Å². The summed E-state index contributed by atoms with van der Waals surface area (Å²) < 4.78 is 0. The fourth-order valence-electron chi connectivity index (χ4n) is 2.26. The van der Waals surface area contributed by atoms with Crippen molar-refractivity contribution in [3.8, 4) is 0 Å². The molecule has 0 saturated carbocycles. The first-order valence-electron chi connectivity index (χ1n) is 7.08. The van der Waals surface area contributed by atoms with Crippen molar-refractivity contribution in [1.29, 1.82) is 0 Å². The molecular formula is C14H24N4OS. The monoisotopic (exact) mass is 296 g/mol. The van der Waals surface area contributed by atoms with Crippen LogP contribution in [0.3, 0.4) is 0 Å². The lowest BCUT2D eigenvalue weighted by molar-refractivity contribution is -0.116. The predicted molar refractivity (Wildman–Crippen MR) is 84.1 cm³/mol. The smallest absolute Gasteiger partial charge is 0.227 e. The van der Waals surface area contributed by atoms with Gasteiger partial charge in [0.25, 0.3) is 0 Å². The standard InChI is InChI=1S/C14H24N4OS/c1-14(2,3)8-10-6-12(18-17-10)16-13(19)7-11-9-20-5-4-15-11/h6,11,15H,4-5,7-9H2,1-3H3,(H2,16,17,18,19). The number of anilines is 1. The van der Waals surface area contributed by atoms with Gasteiger partial charge in [0, 0.05) is 42.3 Å². The Balaban J connectivity index is 1.82. The number of amides is 1. The second kappa shape index (κ2) is 6.63. The molecule has 1 aliphatic heterocycles. The molecule has 1 fully saturated rings. The van der Waals surface area contributed by atoms with Gasteiger partial charge in [-0.2, -0.15) is 16.9 Å². The number of H-pyrrole nitrogens is 1. The van der Waals surface area contributed by atoms with E-state index in [0.29, 0.717) is 12.2 Å². The van der Waals surface area contributed by atoms with Gasteiger partial charge in [-0.1, -0.05) is 20.8 Å². The van der Waals surface area contributed by atoms with Crippen LogP contribution in [-0.4, -0.2) is 40.2 Å². The highest BCUT2D eigenvalue weighted by atomic mass is 32.2. The first-order chi connectivity index (χ1) is 9.42. The highest BCUT2D eigenvalue weighted by Crippen LogP contribution is 2.20. The molecule has 1 aromatic heterocycles. The molecular weight excluding hydrogens is 272 g/mol. The van der Waals surface area contributed by atoms with Gasteiger partial charge in [-0.3, -0.25) is 9.89 Å². The van der Waals surface area contributed by atoms with Gasteiger partial charge in [-0.05, 0) is 11.8 Å². The van der Waals surface area contributed by atoms with E-state index in [4.69, 9.17) is 0 Å². The SMILES string of the molecule is CC(C)(C)Cc1cc(NC(=O)CC2CSCCN2)n[nH]1. The van der Waals surface area contributed by atoms with Crippen LogP contribution in [0.15, 0.2) is 6.07 Å². The predicted octanol–water partition coefficient (Wildman–Crippen LogP) is 2.03. The van der Waals surface area contributed by atoms with Gasteiger partial charge in [-0.15, -0.1) is 0 Å². The molecule has 0 aromatic carbocycles. The maximum atomic E-state index is 12.0. The quantitative estimate of drug-likeness (QED) is 0.795. The molecule has 112 valence electrons. The molecule has 1 saturated heterocycles. The lowest BCUT2D eigenvalue weighted by Gasteiger charge is -2.22. The van der Waals surface area contributed by atoms with Crippen molar-refractivity contribution in [1.82, 2.24) is 15.5 Å². The van der Waals surface area contributed by atoms with E-state index in [-0.39, 0.29) is 17.4 Å². The molecule has 6 heteroatoms. The van der Waals surface area contributed by atoms with Gasteiger partial charge in [0.05, 0.1) is 0 Å². The number of aromatic nitrogens is 2. The van der Waals surface area contributed by atoms with Crippen molar-refractivity contribution in [3.05, 3.63) is 11.8 Å². The Kier molecular flexibility index (Phi) is 5.10. The molecule has 3 N–H and O–H groups in total. The summed E-state index contributed by atoms with van der Waals surface area (Å²) >= 11 is 1.90. The lowest BCUT2D eigenvalue weighted by atomic mass is 9.91. The van der Waals surface area contributed by atoms with Crippen LogP contribution in [-0.2, 0) is 11.2 Å². The summed E-state index contributed by atoms with van der Waals surface area (Å²) in [6, 6.07) is 2.20. The maximum Gasteiger partial charge on any atom is 0.227 e. The third kappa shape index (κ3) is 5.17. The van der Waals surface area contributed by atoms with Gasteiger partial charge in [0.2, 0.25) is 5.91 Å². The molecule has 1 aliphatic rings. The molecule has 20 heavy (non-hydrogen) atoms. The summed E-state index contributed by atoms with van der Waals surface area (Å²) in [6.45, 7) is 7.52. The summed E-state index contributed by atoms with van der Waals surface area (Å²) in [5.41, 5.74) is 1.26. The van der Waals surface area contributed by atoms with E-state index in [0.717, 1.165) is 30.2 Å². The minimum atomic E-state index is 0.0267. The zero-order valence-electron chi connectivity index (χ0n) is 12.5. The van der Waals surface area contributed by atoms with Gasteiger partial charge < -0.3 is 10.6 Å². The summed E-state index contributed by atoms with van der Waals surface area (Å²) in [5, 5.41) is 13.4. The first kappa shape index (κ1) is 15.4. The van der Waals surface area contributed by atoms with Crippen LogP contribution in [0.1, 0.15) is 32.9 Å². The van der Waals surface area contributed by atoms with Crippen molar-refractivity contribution >= 4 is 23.5 Å². The van der Waals surface area contributed by atoms with Crippen LogP contribution in [0.4, 0.5) is 5.82 Å². The van der Waals surface area contributed by atoms with Gasteiger partial charge >= 0.3 is 0 Å². The van der Waals surface area contributed by atoms with E-state index in [1.807, 2.05) is 17.8 Å². The average molecular weight is 296 g/mol. The van der Waals surface area contributed by atoms with Crippen LogP contribution in [0.2, 0.25) is 0 Å². The number of carbonyl (C=O) groups is 1. The Bertz CT molecular complexity index is 446. The van der Waals surface area contributed by atoms with Crippen molar-refractivity contribution < 1.29 is 4.79 Å². The van der Waals surface area contributed by atoms with Gasteiger partial charge in [0.1, 0.15) is 0 Å². The number of nitrogens with zero attached hydrogens (tertiary/aromatic N) is 1. The normalized spacial score (nSPS) is 19.9. The fraction of sp³-hybridized carbons (Fsp3) is 0.714. The first-order valence-corrected chi connectivity index (χ1v) is 8.23. The second-order valence-electron chi connectivity index (χ2n) is 6.49. The Morgan fingerprint density at radius 3 is 3.00 bits per heavy atom. The molecule has 1 atom stereocenters. The molecule has 0 bridgehead atoms. The number of carbonyl (C=O) groups excluding carboxylic acids is 1. The molecule has 1 amide bonds. The number of hydrogen-bond donors (Lipinski definition) is 3. The zero-order chi connectivity index (χ0) is 14.6. The van der Waals surface area contributed by atoms with Gasteiger partial charge in [-0.25, -0.2) is 0 Å². The van der Waals surface area contributed by atoms with Crippen LogP contribution < -0.4 is 10.6 Å². The van der Waals surface area contributed by atoms with Crippen LogP contribution in [0, 0.1) is 5.41 Å². The number of aromatic amines is 1. The highest BCUT2D eigenvalue weighted by Gasteiger charge is 2.18. The molecule has 5 nitrogen and oxygen atoms in total. The highest BCUT2D eigenvalue weighted by molar-refractivity contribution is 7.99. The zero-order valence-corrected chi connectivity index (χ0v) is 13.3. The van der Waals surface area contributed by atoms with E-state index < -0.39 is 0 Å². The van der Waals surface area contributed by atoms with Crippen LogP contribution in [0.5, 0.6) is 0 Å². The lowest BCUT2D eigenvalue weighted by Crippen LogP contribution is -2.39. The molecule has 1 unspecified atom stereocenters. The Hall–Kier alpha value is -1.01. The number of nitrogens with one attached hydrogen (secondary N) is 3. The van der Waals surface area contributed by atoms with E-state index in [9.17, 15) is 4.79 Å². The molecule has 2 rings (SSSR count). The summed E-state index contributed by atoms with van der Waals surface area (Å²) in [4.78, 5) is 12.0. The van der Waals surface area contributed by atoms with Crippen molar-refractivity contribution in [2.75, 3.05) is 23.4 Å². The van der Waals surface area contributed by atoms with Crippen LogP contribution in [0.25, 0.3) is 0 Å². The van der Waals surface area contributed by atoms with Crippen LogP contribution >= 0.6 is 11.8 Å². The number of rotatable bonds is 4. The van der Waals surface area contributed by atoms with E-state index >= 15 is 0 Å². The number of hydrogen-bond acceptors (Lipinski definition) is 4. The summed E-state index contributed by atoms with van der Waals surface area (Å²) in [5.74, 6) is 2.79. The third-order valence-corrected chi connectivity index (χ3v) is 4.18. The molecule has 0 spiro atoms. The summed E-state index contributed by atoms with van der Waals surface area (Å²) in [7, 11) is 0. The van der Waals surface area contributed by atoms with E-state index in [1.54, 1.807) is 0 Å². The van der Waals surface area contributed by atoms with Crippen molar-refractivity contribution in [3.63, 3.8) is 0 Å². The second-order valence-corrected chi connectivity index (χ2v) is 7.64. The topological polar surface area (TPSA) is 69.8 Å². The minimum Gasteiger partial charge on any atom is -0.312 e. The van der Waals surface area contributed by atoms with Crippen molar-refractivity contribution in [2.45, 2.75) is 39.7 Å². The third-order valence-electron chi connectivity index (χ3n) is 3.05. The Labute approximate surface area is 124 Å². The van der Waals surface area contributed by atoms with E-state index in [2.05, 4.69) is 41.6 Å². The van der Waals surface area contributed by atoms with E-state index in [1.165, 1.54) is 0 Å². The minimum absolute atomic E-state index is 0.0267. The number of thioether (sulfide) groups is 1.